The fourth-order valence-corrected chi connectivity index (χ4v) is 3.48. The van der Waals surface area contributed by atoms with Crippen molar-refractivity contribution >= 4 is 22.0 Å². The molecule has 2 amide bonds. The maximum Gasteiger partial charge on any atom is 0.407 e. The number of hydrogen-bond acceptors (Lipinski definition) is 6. The number of amides is 2. The van der Waals surface area contributed by atoms with Crippen LogP contribution in [0.3, 0.4) is 0 Å². The molecule has 1 rings (SSSR count). The van der Waals surface area contributed by atoms with E-state index in [1.165, 1.54) is 0 Å². The lowest BCUT2D eigenvalue weighted by Crippen LogP contribution is -2.37. The molecule has 0 radical (unpaired) electrons. The maximum atomic E-state index is 12.2. The summed E-state index contributed by atoms with van der Waals surface area (Å²) in [5, 5.41) is 11.5. The number of alkyl carbamates (subject to hydrolysis) is 1. The number of aromatic amines is 1. The first kappa shape index (κ1) is 21.9. The van der Waals surface area contributed by atoms with Crippen LogP contribution < -0.4 is 15.4 Å². The Balaban J connectivity index is 2.27. The molecule has 0 aliphatic heterocycles. The van der Waals surface area contributed by atoms with E-state index in [1.54, 1.807) is 34.6 Å². The van der Waals surface area contributed by atoms with E-state index in [2.05, 4.69) is 25.6 Å². The van der Waals surface area contributed by atoms with Gasteiger partial charge in [-0.1, -0.05) is 0 Å². The Bertz CT molecular complexity index is 717. The van der Waals surface area contributed by atoms with Gasteiger partial charge in [-0.3, -0.25) is 9.89 Å². The Morgan fingerprint density at radius 1 is 1.12 bits per heavy atom. The lowest BCUT2D eigenvalue weighted by atomic mass is 10.2. The van der Waals surface area contributed by atoms with E-state index in [0.717, 1.165) is 0 Å². The number of sulfonamides is 1. The van der Waals surface area contributed by atoms with Gasteiger partial charge in [0, 0.05) is 26.1 Å². The standard InChI is InChI=1S/C15H27N5O5S/c1-10-13(11(2)20-19-10)26(23,24)18-9-8-16-12(21)6-7-17-14(22)25-15(3,4)5/h18H,6-9H2,1-5H3,(H,16,21)(H,17,22)(H,19,20). The number of nitrogens with zero attached hydrogens (tertiary/aromatic N) is 1. The smallest absolute Gasteiger partial charge is 0.407 e. The molecule has 0 bridgehead atoms. The number of ether oxygens (including phenoxy) is 1. The Morgan fingerprint density at radius 2 is 1.77 bits per heavy atom. The molecule has 0 saturated carbocycles. The van der Waals surface area contributed by atoms with E-state index < -0.39 is 21.7 Å². The molecule has 26 heavy (non-hydrogen) atoms. The minimum atomic E-state index is -3.69. The van der Waals surface area contributed by atoms with Gasteiger partial charge in [0.25, 0.3) is 0 Å². The molecular formula is C15H27N5O5S. The van der Waals surface area contributed by atoms with Crippen molar-refractivity contribution in [2.45, 2.75) is 51.5 Å². The molecule has 0 aromatic carbocycles. The minimum absolute atomic E-state index is 0.0393. The molecular weight excluding hydrogens is 362 g/mol. The first-order valence-corrected chi connectivity index (χ1v) is 9.65. The fourth-order valence-electron chi connectivity index (χ4n) is 2.08. The summed E-state index contributed by atoms with van der Waals surface area (Å²) in [6, 6.07) is 0. The van der Waals surface area contributed by atoms with Crippen LogP contribution in [0.1, 0.15) is 38.6 Å². The van der Waals surface area contributed by atoms with Gasteiger partial charge < -0.3 is 15.4 Å². The molecule has 10 nitrogen and oxygen atoms in total. The number of carbonyl (C=O) groups is 2. The lowest BCUT2D eigenvalue weighted by molar-refractivity contribution is -0.120. The van der Waals surface area contributed by atoms with E-state index in [-0.39, 0.29) is 36.9 Å². The molecule has 1 aromatic heterocycles. The zero-order valence-electron chi connectivity index (χ0n) is 15.7. The summed E-state index contributed by atoms with van der Waals surface area (Å²) in [6.07, 6.45) is -0.532. The van der Waals surface area contributed by atoms with Gasteiger partial charge in [0.05, 0.1) is 11.4 Å². The Morgan fingerprint density at radius 3 is 2.31 bits per heavy atom. The van der Waals surface area contributed by atoms with Crippen LogP contribution in [0.15, 0.2) is 4.90 Å². The van der Waals surface area contributed by atoms with Crippen molar-refractivity contribution < 1.29 is 22.7 Å². The molecule has 11 heteroatoms. The number of rotatable bonds is 8. The van der Waals surface area contributed by atoms with Gasteiger partial charge in [-0.2, -0.15) is 5.10 Å². The lowest BCUT2D eigenvalue weighted by Gasteiger charge is -2.19. The molecule has 148 valence electrons. The molecule has 1 heterocycles. The SMILES string of the molecule is Cc1n[nH]c(C)c1S(=O)(=O)NCCNC(=O)CCNC(=O)OC(C)(C)C. The highest BCUT2D eigenvalue weighted by Gasteiger charge is 2.21. The normalized spacial score (nSPS) is 11.9. The van der Waals surface area contributed by atoms with Crippen LogP contribution in [0.2, 0.25) is 0 Å². The zero-order valence-corrected chi connectivity index (χ0v) is 16.5. The predicted octanol–water partition coefficient (Wildman–Crippen LogP) is 0.336. The molecule has 0 unspecified atom stereocenters. The van der Waals surface area contributed by atoms with Crippen molar-refractivity contribution in [1.82, 2.24) is 25.6 Å². The molecule has 4 N–H and O–H groups in total. The van der Waals surface area contributed by atoms with Crippen LogP contribution in [0.25, 0.3) is 0 Å². The third-order valence-corrected chi connectivity index (χ3v) is 4.81. The molecule has 0 atom stereocenters. The first-order valence-electron chi connectivity index (χ1n) is 8.17. The third-order valence-electron chi connectivity index (χ3n) is 3.09. The van der Waals surface area contributed by atoms with Crippen LogP contribution >= 0.6 is 0 Å². The zero-order chi connectivity index (χ0) is 20.0. The number of hydrogen-bond donors (Lipinski definition) is 4. The van der Waals surface area contributed by atoms with E-state index in [1.807, 2.05) is 0 Å². The van der Waals surface area contributed by atoms with Crippen molar-refractivity contribution in [3.63, 3.8) is 0 Å². The van der Waals surface area contributed by atoms with E-state index >= 15 is 0 Å². The Hall–Kier alpha value is -2.14. The van der Waals surface area contributed by atoms with Crippen molar-refractivity contribution in [2.24, 2.45) is 0 Å². The van der Waals surface area contributed by atoms with Gasteiger partial charge in [-0.15, -0.1) is 0 Å². The van der Waals surface area contributed by atoms with Crippen LogP contribution in [-0.2, 0) is 19.6 Å². The fraction of sp³-hybridized carbons (Fsp3) is 0.667. The molecule has 0 aliphatic carbocycles. The predicted molar refractivity (Wildman–Crippen MR) is 95.1 cm³/mol. The van der Waals surface area contributed by atoms with Crippen molar-refractivity contribution in [2.75, 3.05) is 19.6 Å². The number of aromatic nitrogens is 2. The van der Waals surface area contributed by atoms with Crippen LogP contribution in [0, 0.1) is 13.8 Å². The van der Waals surface area contributed by atoms with Gasteiger partial charge in [-0.05, 0) is 34.6 Å². The largest absolute Gasteiger partial charge is 0.444 e. The summed E-state index contributed by atoms with van der Waals surface area (Å²) in [7, 11) is -3.69. The molecule has 0 aliphatic rings. The van der Waals surface area contributed by atoms with E-state index in [0.29, 0.717) is 11.4 Å². The van der Waals surface area contributed by atoms with Crippen LogP contribution in [0.5, 0.6) is 0 Å². The highest BCUT2D eigenvalue weighted by Crippen LogP contribution is 2.15. The van der Waals surface area contributed by atoms with Crippen molar-refractivity contribution in [3.8, 4) is 0 Å². The summed E-state index contributed by atoms with van der Waals surface area (Å²) >= 11 is 0. The average Bonchev–Trinajstić information content (AvgIpc) is 2.81. The Kier molecular flexibility index (Phi) is 7.57. The minimum Gasteiger partial charge on any atom is -0.444 e. The summed E-state index contributed by atoms with van der Waals surface area (Å²) in [5.41, 5.74) is 0.231. The summed E-state index contributed by atoms with van der Waals surface area (Å²) < 4.78 is 31.8. The number of H-pyrrole nitrogens is 1. The monoisotopic (exact) mass is 389 g/mol. The van der Waals surface area contributed by atoms with E-state index in [9.17, 15) is 18.0 Å². The Labute approximate surface area is 153 Å². The second-order valence-corrected chi connectivity index (χ2v) is 8.39. The first-order chi connectivity index (χ1) is 11.9. The number of aryl methyl sites for hydroxylation is 2. The molecule has 0 fully saturated rings. The van der Waals surface area contributed by atoms with Crippen LogP contribution in [-0.4, -0.2) is 55.9 Å². The van der Waals surface area contributed by atoms with Crippen LogP contribution in [0.4, 0.5) is 4.79 Å². The highest BCUT2D eigenvalue weighted by molar-refractivity contribution is 7.89. The van der Waals surface area contributed by atoms with E-state index in [4.69, 9.17) is 4.74 Å². The highest BCUT2D eigenvalue weighted by atomic mass is 32.2. The number of nitrogens with one attached hydrogen (secondary N) is 4. The van der Waals surface area contributed by atoms with Gasteiger partial charge in [0.1, 0.15) is 10.5 Å². The molecule has 1 aromatic rings. The summed E-state index contributed by atoms with van der Waals surface area (Å²) in [6.45, 7) is 8.73. The quantitative estimate of drug-likeness (QED) is 0.472. The second kappa shape index (κ2) is 8.99. The topological polar surface area (TPSA) is 142 Å². The van der Waals surface area contributed by atoms with Gasteiger partial charge in [-0.25, -0.2) is 17.9 Å². The van der Waals surface area contributed by atoms with Crippen molar-refractivity contribution in [3.05, 3.63) is 11.4 Å². The van der Waals surface area contributed by atoms with Gasteiger partial charge >= 0.3 is 6.09 Å². The molecule has 0 saturated heterocycles. The van der Waals surface area contributed by atoms with Gasteiger partial charge in [0.15, 0.2) is 0 Å². The van der Waals surface area contributed by atoms with Gasteiger partial charge in [0.2, 0.25) is 15.9 Å². The maximum absolute atomic E-state index is 12.2. The number of carbonyl (C=O) groups excluding carboxylic acids is 2. The molecule has 0 spiro atoms. The summed E-state index contributed by atoms with van der Waals surface area (Å²) in [4.78, 5) is 23.2. The second-order valence-electron chi connectivity index (χ2n) is 6.69. The third kappa shape index (κ3) is 7.40. The average molecular weight is 389 g/mol. The van der Waals surface area contributed by atoms with Crippen molar-refractivity contribution in [1.29, 1.82) is 0 Å². The summed E-state index contributed by atoms with van der Waals surface area (Å²) in [5.74, 6) is -0.309.